The summed E-state index contributed by atoms with van der Waals surface area (Å²) in [6.45, 7) is 19.8. The molecule has 2 atom stereocenters. The number of carbonyl (C=O) groups is 2. The molecule has 4 aromatic heterocycles. The molecule has 17 nitrogen and oxygen atoms in total. The quantitative estimate of drug-likeness (QED) is 0.0572. The summed E-state index contributed by atoms with van der Waals surface area (Å²) in [6, 6.07) is 30.0. The number of hydrogen-bond donors (Lipinski definition) is 1. The van der Waals surface area contributed by atoms with Crippen LogP contribution in [0.4, 0.5) is 9.18 Å². The minimum atomic E-state index is -1.02. The summed E-state index contributed by atoms with van der Waals surface area (Å²) in [6.07, 6.45) is 10.8. The molecule has 0 unspecified atom stereocenters. The van der Waals surface area contributed by atoms with Gasteiger partial charge in [-0.25, -0.2) is 18.9 Å². The Bertz CT molecular complexity index is 3610. The number of amides is 2. The van der Waals surface area contributed by atoms with Crippen molar-refractivity contribution in [3.8, 4) is 28.0 Å². The third kappa shape index (κ3) is 13.9. The molecule has 6 heterocycles. The number of aliphatic imine (C=N–C) groups is 1. The fourth-order valence-corrected chi connectivity index (χ4v) is 11.2. The predicted octanol–water partition coefficient (Wildman–Crippen LogP) is 11.9. The van der Waals surface area contributed by atoms with Crippen LogP contribution >= 0.6 is 23.2 Å². The number of H-pyrrole nitrogens is 1. The molecule has 1 N–H and O–H groups in total. The number of pyridine rings is 1. The summed E-state index contributed by atoms with van der Waals surface area (Å²) >= 11 is 13.0. The highest BCUT2D eigenvalue weighted by Crippen LogP contribution is 2.54. The Morgan fingerprint density at radius 3 is 2.04 bits per heavy atom. The minimum absolute atomic E-state index is 0.135. The average molecular weight is 1200 g/mol. The number of ether oxygens (including phenoxy) is 5. The normalized spacial score (nSPS) is 17.5. The zero-order valence-corrected chi connectivity index (χ0v) is 50.5. The van der Waals surface area contributed by atoms with Crippen molar-refractivity contribution in [3.63, 3.8) is 0 Å². The van der Waals surface area contributed by atoms with Gasteiger partial charge in [0.25, 0.3) is 0 Å². The highest BCUT2D eigenvalue weighted by Gasteiger charge is 2.60. The predicted molar refractivity (Wildman–Crippen MR) is 328 cm³/mol. The number of aromatic nitrogens is 6. The molecule has 1 fully saturated rings. The molecule has 1 saturated heterocycles. The van der Waals surface area contributed by atoms with E-state index in [2.05, 4.69) is 71.8 Å². The number of nitrogens with one attached hydrogen (secondary N) is 1. The number of piperazine rings is 1. The van der Waals surface area contributed by atoms with Crippen molar-refractivity contribution < 1.29 is 37.7 Å². The molecule has 2 aliphatic heterocycles. The second-order valence-electron chi connectivity index (χ2n) is 22.6. The number of fused-ring (bicyclic) bond motifs is 1. The number of urea groups is 1. The Kier molecular flexibility index (Phi) is 19.3. The van der Waals surface area contributed by atoms with Crippen molar-refractivity contribution in [2.45, 2.75) is 71.0 Å². The SMILES string of the molecule is CCOc1cc(C(C)(C)C)ccc1C1=N[C@](C)(c2ccc(Cl)cc2)[C@](C)(c2ccc(Cl)cc2)N1C(=O)N1CCN(CCOCCOCCOCCOCCC(=O)n2cc(-c3cnc4[nH]cc(-c5cnn(Cc6cccc(F)c6)c5)c4c3)cn2)CC1. The molecule has 0 aliphatic carbocycles. The summed E-state index contributed by atoms with van der Waals surface area (Å²) < 4.78 is 46.3. The summed E-state index contributed by atoms with van der Waals surface area (Å²) in [4.78, 5) is 48.1. The number of nitrogens with zero attached hydrogens (tertiary/aromatic N) is 9. The van der Waals surface area contributed by atoms with Gasteiger partial charge in [-0.05, 0) is 103 Å². The lowest BCUT2D eigenvalue weighted by Crippen LogP contribution is -2.60. The maximum Gasteiger partial charge on any atom is 0.326 e. The number of halogens is 3. The highest BCUT2D eigenvalue weighted by molar-refractivity contribution is 6.30. The molecule has 2 aliphatic rings. The van der Waals surface area contributed by atoms with Gasteiger partial charge in [0.2, 0.25) is 5.91 Å². The van der Waals surface area contributed by atoms with Gasteiger partial charge in [-0.15, -0.1) is 0 Å². The summed E-state index contributed by atoms with van der Waals surface area (Å²) in [7, 11) is 0. The molecule has 8 aromatic rings. The van der Waals surface area contributed by atoms with Crippen LogP contribution in [0.5, 0.6) is 5.75 Å². The number of hydrogen-bond acceptors (Lipinski definition) is 12. The van der Waals surface area contributed by atoms with Crippen LogP contribution in [0.2, 0.25) is 10.0 Å². The van der Waals surface area contributed by atoms with Crippen molar-refractivity contribution >= 4 is 52.0 Å². The van der Waals surface area contributed by atoms with Crippen LogP contribution < -0.4 is 4.74 Å². The van der Waals surface area contributed by atoms with Crippen LogP contribution in [0.25, 0.3) is 33.3 Å². The van der Waals surface area contributed by atoms with Crippen molar-refractivity contribution in [3.05, 3.63) is 178 Å². The number of benzene rings is 4. The zero-order chi connectivity index (χ0) is 59.7. The molecule has 446 valence electrons. The zero-order valence-electron chi connectivity index (χ0n) is 49.0. The molecular weight excluding hydrogens is 1120 g/mol. The van der Waals surface area contributed by atoms with E-state index in [1.165, 1.54) is 16.8 Å². The van der Waals surface area contributed by atoms with Crippen LogP contribution in [-0.2, 0) is 42.0 Å². The largest absolute Gasteiger partial charge is 0.493 e. The number of amidine groups is 1. The standard InChI is InChI=1S/C65H73Cl2FN10O7/c1-7-85-58-37-51(63(2,3)4)15-20-55(58)61-73-64(5,49-11-16-52(66)17-12-49)65(6,50-13-18-53(67)19-14-50)78(61)62(80)75-24-22-74(23-25-75)26-28-82-30-32-84-34-33-83-31-29-81-27-21-59(79)77-44-47(39-72-77)46-36-56-57(41-70-60(56)69-38-46)48-40-71-76(43-48)42-45-9-8-10-54(68)35-45/h8-20,35-41,43-44H,7,21-34,42H2,1-6H3,(H,69,70)/t64-,65+/m1/s1. The lowest BCUT2D eigenvalue weighted by Gasteiger charge is -2.47. The van der Waals surface area contributed by atoms with Crippen LogP contribution in [0.15, 0.2) is 139 Å². The van der Waals surface area contributed by atoms with E-state index in [9.17, 15) is 9.18 Å². The molecular formula is C65H73Cl2FN10O7. The first-order valence-electron chi connectivity index (χ1n) is 28.9. The van der Waals surface area contributed by atoms with E-state index < -0.39 is 11.1 Å². The highest BCUT2D eigenvalue weighted by atomic mass is 35.5. The second kappa shape index (κ2) is 27.0. The molecule has 2 amide bonds. The van der Waals surface area contributed by atoms with Crippen molar-refractivity contribution in [2.24, 2.45) is 4.99 Å². The molecule has 10 rings (SSSR count). The van der Waals surface area contributed by atoms with Gasteiger partial charge >= 0.3 is 6.03 Å². The van der Waals surface area contributed by atoms with Crippen molar-refractivity contribution in [1.82, 2.24) is 44.2 Å². The maximum atomic E-state index is 15.5. The maximum absolute atomic E-state index is 15.5. The van der Waals surface area contributed by atoms with Crippen molar-refractivity contribution in [1.29, 1.82) is 0 Å². The lowest BCUT2D eigenvalue weighted by molar-refractivity contribution is -0.00511. The Balaban J connectivity index is 0.636. The Morgan fingerprint density at radius 1 is 0.706 bits per heavy atom. The van der Waals surface area contributed by atoms with Gasteiger partial charge in [0.05, 0.1) is 90.4 Å². The molecule has 4 aromatic carbocycles. The number of carbonyl (C=O) groups excluding carboxylic acids is 2. The van der Waals surface area contributed by atoms with Gasteiger partial charge in [0, 0.05) is 95.2 Å². The lowest BCUT2D eigenvalue weighted by atomic mass is 9.71. The average Bonchev–Trinajstić information content (AvgIpc) is 1.58. The second-order valence-corrected chi connectivity index (χ2v) is 23.5. The Hall–Kier alpha value is -7.29. The first-order chi connectivity index (χ1) is 41.0. The fraction of sp³-hybridized carbons (Fsp3) is 0.385. The first kappa shape index (κ1) is 60.8. The van der Waals surface area contributed by atoms with Crippen LogP contribution in [0, 0.1) is 5.82 Å². The summed E-state index contributed by atoms with van der Waals surface area (Å²) in [5, 5.41) is 10.9. The third-order valence-corrected chi connectivity index (χ3v) is 16.5. The Labute approximate surface area is 505 Å². The molecule has 0 bridgehead atoms. The molecule has 0 saturated carbocycles. The minimum Gasteiger partial charge on any atom is -0.493 e. The van der Waals surface area contributed by atoms with Crippen molar-refractivity contribution in [2.75, 3.05) is 92.2 Å². The monoisotopic (exact) mass is 1190 g/mol. The van der Waals surface area contributed by atoms with Gasteiger partial charge in [-0.1, -0.05) is 86.4 Å². The van der Waals surface area contributed by atoms with Gasteiger partial charge in [-0.2, -0.15) is 10.2 Å². The number of aromatic amines is 1. The summed E-state index contributed by atoms with van der Waals surface area (Å²) in [5.74, 6) is 0.722. The van der Waals surface area contributed by atoms with E-state index in [-0.39, 0.29) is 36.2 Å². The van der Waals surface area contributed by atoms with E-state index in [1.54, 1.807) is 35.5 Å². The number of rotatable bonds is 24. The van der Waals surface area contributed by atoms with E-state index in [1.807, 2.05) is 95.8 Å². The molecule has 85 heavy (non-hydrogen) atoms. The van der Waals surface area contributed by atoms with E-state index in [0.717, 1.165) is 55.5 Å². The fourth-order valence-electron chi connectivity index (χ4n) is 11.0. The molecule has 0 spiro atoms. The van der Waals surface area contributed by atoms with Crippen LogP contribution in [0.1, 0.15) is 80.6 Å². The van der Waals surface area contributed by atoms with E-state index in [4.69, 9.17) is 51.9 Å². The first-order valence-corrected chi connectivity index (χ1v) is 29.6. The Morgan fingerprint density at radius 2 is 1.36 bits per heavy atom. The molecule has 0 radical (unpaired) electrons. The van der Waals surface area contributed by atoms with Crippen LogP contribution in [-0.4, -0.2) is 154 Å². The summed E-state index contributed by atoms with van der Waals surface area (Å²) in [5.41, 5.74) is 6.42. The van der Waals surface area contributed by atoms with Crippen LogP contribution in [0.3, 0.4) is 0 Å². The van der Waals surface area contributed by atoms with Gasteiger partial charge in [0.15, 0.2) is 0 Å². The smallest absolute Gasteiger partial charge is 0.326 e. The molecule has 20 heteroatoms. The van der Waals surface area contributed by atoms with Gasteiger partial charge in [0.1, 0.15) is 34.1 Å². The topological polar surface area (TPSA) is 167 Å². The van der Waals surface area contributed by atoms with Gasteiger partial charge in [-0.3, -0.25) is 24.3 Å². The van der Waals surface area contributed by atoms with E-state index in [0.29, 0.717) is 119 Å². The third-order valence-electron chi connectivity index (χ3n) is 16.0. The van der Waals surface area contributed by atoms with Gasteiger partial charge < -0.3 is 33.6 Å². The van der Waals surface area contributed by atoms with E-state index >= 15 is 4.79 Å².